The summed E-state index contributed by atoms with van der Waals surface area (Å²) in [6.45, 7) is 5.48. The monoisotopic (exact) mass is 288 g/mol. The number of rotatable bonds is 3. The van der Waals surface area contributed by atoms with Gasteiger partial charge in [-0.25, -0.2) is 0 Å². The molecule has 0 aromatic heterocycles. The van der Waals surface area contributed by atoms with Crippen molar-refractivity contribution in [3.8, 4) is 0 Å². The van der Waals surface area contributed by atoms with E-state index in [1.165, 1.54) is 5.56 Å². The molecule has 1 spiro atoms. The number of morpholine rings is 1. The van der Waals surface area contributed by atoms with Crippen molar-refractivity contribution >= 4 is 5.91 Å². The summed E-state index contributed by atoms with van der Waals surface area (Å²) in [4.78, 5) is 13.9. The molecule has 2 heterocycles. The van der Waals surface area contributed by atoms with Crippen molar-refractivity contribution in [2.45, 2.75) is 37.8 Å². The van der Waals surface area contributed by atoms with Crippen LogP contribution in [0.2, 0.25) is 0 Å². The highest BCUT2D eigenvalue weighted by Gasteiger charge is 2.43. The van der Waals surface area contributed by atoms with E-state index in [1.54, 1.807) is 0 Å². The molecule has 2 aliphatic heterocycles. The number of likely N-dealkylation sites (tertiary alicyclic amines) is 1. The zero-order valence-corrected chi connectivity index (χ0v) is 12.7. The molecule has 2 aliphatic rings. The molecule has 4 heteroatoms. The quantitative estimate of drug-likeness (QED) is 0.918. The Morgan fingerprint density at radius 2 is 2.00 bits per heavy atom. The highest BCUT2D eigenvalue weighted by molar-refractivity contribution is 5.78. The summed E-state index contributed by atoms with van der Waals surface area (Å²) in [5.41, 5.74) is 1.25. The lowest BCUT2D eigenvalue weighted by Crippen LogP contribution is -2.62. The molecule has 0 aliphatic carbocycles. The van der Waals surface area contributed by atoms with Crippen molar-refractivity contribution < 1.29 is 9.53 Å². The molecule has 21 heavy (non-hydrogen) atoms. The highest BCUT2D eigenvalue weighted by atomic mass is 16.5. The molecule has 114 valence electrons. The summed E-state index contributed by atoms with van der Waals surface area (Å²) in [7, 11) is 0. The van der Waals surface area contributed by atoms with E-state index in [1.807, 2.05) is 0 Å². The smallest absolute Gasteiger partial charge is 0.246 e. The topological polar surface area (TPSA) is 41.6 Å². The molecule has 0 saturated carbocycles. The van der Waals surface area contributed by atoms with Gasteiger partial charge in [-0.15, -0.1) is 0 Å². The summed E-state index contributed by atoms with van der Waals surface area (Å²) in [6, 6.07) is 10.8. The number of amides is 1. The predicted molar refractivity (Wildman–Crippen MR) is 82.1 cm³/mol. The van der Waals surface area contributed by atoms with Crippen molar-refractivity contribution in [1.82, 2.24) is 10.2 Å². The molecule has 3 rings (SSSR count). The second-order valence-electron chi connectivity index (χ2n) is 6.22. The van der Waals surface area contributed by atoms with Crippen LogP contribution in [0.1, 0.15) is 25.3 Å². The molecule has 1 N–H and O–H groups in total. The van der Waals surface area contributed by atoms with Gasteiger partial charge in [0.25, 0.3) is 0 Å². The van der Waals surface area contributed by atoms with E-state index >= 15 is 0 Å². The first-order chi connectivity index (χ1) is 10.2. The van der Waals surface area contributed by atoms with Gasteiger partial charge in [0.2, 0.25) is 5.91 Å². The number of benzene rings is 1. The van der Waals surface area contributed by atoms with E-state index in [9.17, 15) is 4.79 Å². The summed E-state index contributed by atoms with van der Waals surface area (Å²) >= 11 is 0. The van der Waals surface area contributed by atoms with Gasteiger partial charge in [-0.3, -0.25) is 4.79 Å². The molecular formula is C17H24N2O2. The van der Waals surface area contributed by atoms with Gasteiger partial charge in [-0.05, 0) is 31.7 Å². The fourth-order valence-electron chi connectivity index (χ4n) is 3.41. The van der Waals surface area contributed by atoms with Crippen molar-refractivity contribution in [2.24, 2.45) is 0 Å². The number of ether oxygens (including phenoxy) is 1. The molecule has 1 atom stereocenters. The Hall–Kier alpha value is -1.39. The van der Waals surface area contributed by atoms with Gasteiger partial charge in [0.05, 0.1) is 11.6 Å². The fraction of sp³-hybridized carbons (Fsp3) is 0.588. The zero-order valence-electron chi connectivity index (χ0n) is 12.7. The maximum absolute atomic E-state index is 11.4. The third-order valence-corrected chi connectivity index (χ3v) is 4.92. The average Bonchev–Trinajstić information content (AvgIpc) is 2.52. The van der Waals surface area contributed by atoms with Gasteiger partial charge in [-0.2, -0.15) is 0 Å². The maximum Gasteiger partial charge on any atom is 0.246 e. The van der Waals surface area contributed by atoms with E-state index in [4.69, 9.17) is 4.74 Å². The van der Waals surface area contributed by atoms with Crippen LogP contribution in [-0.2, 0) is 16.0 Å². The van der Waals surface area contributed by atoms with E-state index in [0.717, 1.165) is 38.9 Å². The van der Waals surface area contributed by atoms with Crippen molar-refractivity contribution in [1.29, 1.82) is 0 Å². The van der Waals surface area contributed by atoms with Gasteiger partial charge in [-0.1, -0.05) is 30.3 Å². The summed E-state index contributed by atoms with van der Waals surface area (Å²) in [6.07, 6.45) is 3.10. The zero-order chi connectivity index (χ0) is 14.7. The number of nitrogens with one attached hydrogen (secondary N) is 1. The van der Waals surface area contributed by atoms with Crippen LogP contribution >= 0.6 is 0 Å². The van der Waals surface area contributed by atoms with Crippen LogP contribution in [0.4, 0.5) is 0 Å². The molecule has 4 nitrogen and oxygen atoms in total. The molecule has 2 fully saturated rings. The number of carbonyl (C=O) groups excluding carboxylic acids is 1. The lowest BCUT2D eigenvalue weighted by atomic mass is 9.83. The predicted octanol–water partition coefficient (Wildman–Crippen LogP) is 1.60. The van der Waals surface area contributed by atoms with Crippen LogP contribution < -0.4 is 5.32 Å². The normalized spacial score (nSPS) is 25.8. The lowest BCUT2D eigenvalue weighted by Gasteiger charge is -2.47. The van der Waals surface area contributed by atoms with Crippen molar-refractivity contribution in [3.05, 3.63) is 35.9 Å². The van der Waals surface area contributed by atoms with Crippen LogP contribution in [0.5, 0.6) is 0 Å². The Labute approximate surface area is 126 Å². The first-order valence-corrected chi connectivity index (χ1v) is 7.88. The Bertz CT molecular complexity index is 481. The van der Waals surface area contributed by atoms with E-state index in [0.29, 0.717) is 0 Å². The molecule has 2 saturated heterocycles. The third-order valence-electron chi connectivity index (χ3n) is 4.92. The minimum Gasteiger partial charge on any atom is -0.363 e. The van der Waals surface area contributed by atoms with Gasteiger partial charge in [0.1, 0.15) is 6.61 Å². The number of nitrogens with zero attached hydrogens (tertiary/aromatic N) is 1. The third kappa shape index (κ3) is 3.27. The van der Waals surface area contributed by atoms with Gasteiger partial charge >= 0.3 is 0 Å². The first-order valence-electron chi connectivity index (χ1n) is 7.88. The summed E-state index contributed by atoms with van der Waals surface area (Å²) < 4.78 is 5.90. The Morgan fingerprint density at radius 3 is 2.67 bits per heavy atom. The molecule has 1 amide bonds. The van der Waals surface area contributed by atoms with Gasteiger partial charge in [0.15, 0.2) is 0 Å². The summed E-state index contributed by atoms with van der Waals surface area (Å²) in [5, 5.41) is 3.03. The number of hydrogen-bond acceptors (Lipinski definition) is 3. The second-order valence-corrected chi connectivity index (χ2v) is 6.22. The van der Waals surface area contributed by atoms with Crippen LogP contribution in [0.15, 0.2) is 30.3 Å². The standard InChI is InChI=1S/C17H24N2O2/c1-14-17(21-13-16(20)18-14)8-11-19(12-9-17)10-7-15-5-3-2-4-6-15/h2-6,14H,7-13H2,1H3,(H,18,20). The van der Waals surface area contributed by atoms with E-state index in [-0.39, 0.29) is 24.2 Å². The van der Waals surface area contributed by atoms with Crippen LogP contribution in [0, 0.1) is 0 Å². The van der Waals surface area contributed by atoms with Crippen LogP contribution in [0.25, 0.3) is 0 Å². The average molecular weight is 288 g/mol. The van der Waals surface area contributed by atoms with Crippen LogP contribution in [0.3, 0.4) is 0 Å². The van der Waals surface area contributed by atoms with Gasteiger partial charge < -0.3 is 15.0 Å². The Balaban J connectivity index is 1.50. The first kappa shape index (κ1) is 14.5. The number of piperidine rings is 1. The second kappa shape index (κ2) is 6.16. The van der Waals surface area contributed by atoms with Gasteiger partial charge in [0, 0.05) is 19.6 Å². The Kier molecular flexibility index (Phi) is 4.27. The summed E-state index contributed by atoms with van der Waals surface area (Å²) in [5.74, 6) is 0.0135. The Morgan fingerprint density at radius 1 is 1.29 bits per heavy atom. The molecule has 1 aromatic rings. The molecule has 1 unspecified atom stereocenters. The minimum absolute atomic E-state index is 0.0135. The SMILES string of the molecule is CC1NC(=O)COC12CCN(CCc1ccccc1)CC2. The molecule has 1 aromatic carbocycles. The largest absolute Gasteiger partial charge is 0.363 e. The lowest BCUT2D eigenvalue weighted by molar-refractivity contribution is -0.159. The van der Waals surface area contributed by atoms with E-state index < -0.39 is 0 Å². The molecular weight excluding hydrogens is 264 g/mol. The van der Waals surface area contributed by atoms with Crippen molar-refractivity contribution in [2.75, 3.05) is 26.2 Å². The van der Waals surface area contributed by atoms with E-state index in [2.05, 4.69) is 47.5 Å². The minimum atomic E-state index is -0.142. The molecule has 0 radical (unpaired) electrons. The fourth-order valence-corrected chi connectivity index (χ4v) is 3.41. The highest BCUT2D eigenvalue weighted by Crippen LogP contribution is 2.31. The number of hydrogen-bond donors (Lipinski definition) is 1. The van der Waals surface area contributed by atoms with Crippen molar-refractivity contribution in [3.63, 3.8) is 0 Å². The number of carbonyl (C=O) groups is 1. The van der Waals surface area contributed by atoms with Crippen LogP contribution in [-0.4, -0.2) is 48.7 Å². The molecule has 0 bridgehead atoms. The maximum atomic E-state index is 11.4.